The lowest BCUT2D eigenvalue weighted by molar-refractivity contribution is 0.452. The van der Waals surface area contributed by atoms with Crippen LogP contribution in [0.3, 0.4) is 0 Å². The number of hydrogen-bond acceptors (Lipinski definition) is 4. The minimum Gasteiger partial charge on any atom is -0.263 e. The molecule has 0 radical (unpaired) electrons. The van der Waals surface area contributed by atoms with Crippen LogP contribution >= 0.6 is 0 Å². The number of aryl methyl sites for hydroxylation is 1. The Balaban J connectivity index is 1.46. The van der Waals surface area contributed by atoms with Gasteiger partial charge >= 0.3 is 0 Å². The first-order chi connectivity index (χ1) is 11.9. The van der Waals surface area contributed by atoms with Gasteiger partial charge in [-0.05, 0) is 49.8 Å². The van der Waals surface area contributed by atoms with Crippen molar-refractivity contribution in [2.45, 2.75) is 43.4 Å². The Hall–Kier alpha value is -1.80. The molecule has 6 nitrogen and oxygen atoms in total. The molecule has 1 aromatic carbocycles. The van der Waals surface area contributed by atoms with Crippen LogP contribution in [0, 0.1) is 18.7 Å². The highest BCUT2D eigenvalue weighted by molar-refractivity contribution is 7.89. The van der Waals surface area contributed by atoms with Gasteiger partial charge in [0.1, 0.15) is 11.6 Å². The van der Waals surface area contributed by atoms with E-state index in [1.165, 1.54) is 16.4 Å². The Labute approximate surface area is 146 Å². The van der Waals surface area contributed by atoms with E-state index >= 15 is 0 Å². The van der Waals surface area contributed by atoms with Gasteiger partial charge in [0, 0.05) is 25.4 Å². The predicted molar refractivity (Wildman–Crippen MR) is 90.1 cm³/mol. The van der Waals surface area contributed by atoms with Gasteiger partial charge in [-0.2, -0.15) is 9.40 Å². The molecule has 1 aromatic heterocycles. The molecule has 1 aliphatic carbocycles. The zero-order valence-electron chi connectivity index (χ0n) is 14.1. The van der Waals surface area contributed by atoms with E-state index in [0.717, 1.165) is 37.0 Å². The molecule has 25 heavy (non-hydrogen) atoms. The van der Waals surface area contributed by atoms with E-state index in [9.17, 15) is 12.8 Å². The number of aromatic nitrogens is 3. The van der Waals surface area contributed by atoms with E-state index < -0.39 is 15.8 Å². The number of halogens is 1. The van der Waals surface area contributed by atoms with E-state index in [2.05, 4.69) is 15.2 Å². The fourth-order valence-corrected chi connectivity index (χ4v) is 5.14. The number of rotatable bonds is 5. The zero-order valence-corrected chi connectivity index (χ0v) is 14.9. The molecule has 1 aliphatic heterocycles. The summed E-state index contributed by atoms with van der Waals surface area (Å²) in [6, 6.07) is 3.89. The molecule has 0 amide bonds. The van der Waals surface area contributed by atoms with Crippen molar-refractivity contribution in [3.8, 4) is 0 Å². The number of sulfonamides is 1. The maximum Gasteiger partial charge on any atom is 0.243 e. The molecule has 4 rings (SSSR count). The Morgan fingerprint density at radius 3 is 2.88 bits per heavy atom. The van der Waals surface area contributed by atoms with Crippen LogP contribution < -0.4 is 0 Å². The van der Waals surface area contributed by atoms with Crippen LogP contribution in [-0.4, -0.2) is 41.0 Å². The number of nitrogens with one attached hydrogen (secondary N) is 1. The Bertz CT molecular complexity index is 892. The van der Waals surface area contributed by atoms with E-state index in [1.807, 2.05) is 0 Å². The third kappa shape index (κ3) is 3.32. The van der Waals surface area contributed by atoms with Gasteiger partial charge in [0.15, 0.2) is 5.82 Å². The maximum absolute atomic E-state index is 13.5. The van der Waals surface area contributed by atoms with Crippen molar-refractivity contribution < 1.29 is 12.8 Å². The van der Waals surface area contributed by atoms with E-state index in [0.29, 0.717) is 31.0 Å². The predicted octanol–water partition coefficient (Wildman–Crippen LogP) is 2.38. The molecule has 1 atom stereocenters. The number of benzene rings is 1. The average Bonchev–Trinajstić information content (AvgIpc) is 3.13. The summed E-state index contributed by atoms with van der Waals surface area (Å²) in [5, 5.41) is 7.22. The summed E-state index contributed by atoms with van der Waals surface area (Å²) < 4.78 is 40.6. The van der Waals surface area contributed by atoms with Crippen molar-refractivity contribution in [1.82, 2.24) is 19.5 Å². The first-order valence-corrected chi connectivity index (χ1v) is 10.0. The first kappa shape index (κ1) is 16.7. The second-order valence-corrected chi connectivity index (χ2v) is 8.95. The molecule has 8 heteroatoms. The summed E-state index contributed by atoms with van der Waals surface area (Å²) in [5.41, 5.74) is 0.564. The molecule has 134 valence electrons. The van der Waals surface area contributed by atoms with Gasteiger partial charge in [0.25, 0.3) is 0 Å². The van der Waals surface area contributed by atoms with Crippen molar-refractivity contribution in [3.05, 3.63) is 41.2 Å². The Kier molecular flexibility index (Phi) is 4.11. The van der Waals surface area contributed by atoms with Crippen LogP contribution in [-0.2, 0) is 16.4 Å². The van der Waals surface area contributed by atoms with Crippen molar-refractivity contribution in [2.75, 3.05) is 13.1 Å². The van der Waals surface area contributed by atoms with Crippen LogP contribution in [0.5, 0.6) is 0 Å². The molecule has 0 spiro atoms. The highest BCUT2D eigenvalue weighted by atomic mass is 32.2. The molecule has 2 heterocycles. The van der Waals surface area contributed by atoms with Gasteiger partial charge in [-0.25, -0.2) is 17.8 Å². The van der Waals surface area contributed by atoms with Crippen molar-refractivity contribution in [2.24, 2.45) is 5.92 Å². The van der Waals surface area contributed by atoms with Gasteiger partial charge in [-0.1, -0.05) is 6.07 Å². The van der Waals surface area contributed by atoms with Crippen LogP contribution in [0.25, 0.3) is 0 Å². The third-order valence-electron chi connectivity index (χ3n) is 4.99. The molecule has 1 N–H and O–H groups in total. The lowest BCUT2D eigenvalue weighted by atomic mass is 10.1. The standard InChI is InChI=1S/C17H21FN4O2S/c1-11-2-5-14(18)9-15(11)25(23,24)22-7-6-12(10-22)8-16-19-17(21-20-16)13-3-4-13/h2,5,9,12-13H,3-4,6-8,10H2,1H3,(H,19,20,21). The van der Waals surface area contributed by atoms with Crippen LogP contribution in [0.4, 0.5) is 4.39 Å². The molecule has 0 bridgehead atoms. The van der Waals surface area contributed by atoms with E-state index in [1.54, 1.807) is 6.92 Å². The number of aromatic amines is 1. The van der Waals surface area contributed by atoms with Gasteiger partial charge in [-0.3, -0.25) is 5.10 Å². The van der Waals surface area contributed by atoms with Crippen LogP contribution in [0.1, 0.15) is 42.4 Å². The van der Waals surface area contributed by atoms with Crippen LogP contribution in [0.15, 0.2) is 23.1 Å². The summed E-state index contributed by atoms with van der Waals surface area (Å²) in [7, 11) is -3.67. The normalized spacial score (nSPS) is 21.8. The quantitative estimate of drug-likeness (QED) is 0.883. The molecular formula is C17H21FN4O2S. The minimum atomic E-state index is -3.67. The zero-order chi connectivity index (χ0) is 17.6. The van der Waals surface area contributed by atoms with Gasteiger partial charge in [-0.15, -0.1) is 0 Å². The summed E-state index contributed by atoms with van der Waals surface area (Å²) >= 11 is 0. The fraction of sp³-hybridized carbons (Fsp3) is 0.529. The Morgan fingerprint density at radius 1 is 1.32 bits per heavy atom. The highest BCUT2D eigenvalue weighted by Gasteiger charge is 2.34. The summed E-state index contributed by atoms with van der Waals surface area (Å²) in [5.74, 6) is 1.88. The first-order valence-electron chi connectivity index (χ1n) is 8.61. The van der Waals surface area contributed by atoms with E-state index in [-0.39, 0.29) is 10.8 Å². The van der Waals surface area contributed by atoms with Crippen molar-refractivity contribution >= 4 is 10.0 Å². The van der Waals surface area contributed by atoms with Gasteiger partial charge < -0.3 is 0 Å². The third-order valence-corrected chi connectivity index (χ3v) is 7.00. The second-order valence-electron chi connectivity index (χ2n) is 7.05. The van der Waals surface area contributed by atoms with Crippen molar-refractivity contribution in [3.63, 3.8) is 0 Å². The van der Waals surface area contributed by atoms with Gasteiger partial charge in [0.05, 0.1) is 4.90 Å². The summed E-state index contributed by atoms with van der Waals surface area (Å²) in [4.78, 5) is 4.58. The minimum absolute atomic E-state index is 0.0591. The topological polar surface area (TPSA) is 79.0 Å². The lowest BCUT2D eigenvalue weighted by Crippen LogP contribution is -2.29. The number of nitrogens with zero attached hydrogens (tertiary/aromatic N) is 3. The Morgan fingerprint density at radius 2 is 2.12 bits per heavy atom. The molecule has 1 saturated carbocycles. The molecule has 2 aromatic rings. The summed E-state index contributed by atoms with van der Waals surface area (Å²) in [6.07, 6.45) is 3.76. The van der Waals surface area contributed by atoms with Crippen molar-refractivity contribution in [1.29, 1.82) is 0 Å². The van der Waals surface area contributed by atoms with Crippen LogP contribution in [0.2, 0.25) is 0 Å². The monoisotopic (exact) mass is 364 g/mol. The largest absolute Gasteiger partial charge is 0.263 e. The molecule has 1 unspecified atom stereocenters. The molecule has 1 saturated heterocycles. The average molecular weight is 364 g/mol. The SMILES string of the molecule is Cc1ccc(F)cc1S(=O)(=O)N1CCC(Cc2nc(C3CC3)n[nH]2)C1. The van der Waals surface area contributed by atoms with E-state index in [4.69, 9.17) is 0 Å². The van der Waals surface area contributed by atoms with Gasteiger partial charge in [0.2, 0.25) is 10.0 Å². The smallest absolute Gasteiger partial charge is 0.243 e. The number of H-pyrrole nitrogens is 1. The maximum atomic E-state index is 13.5. The molecule has 2 aliphatic rings. The summed E-state index contributed by atoms with van der Waals surface area (Å²) in [6.45, 7) is 2.57. The fourth-order valence-electron chi connectivity index (χ4n) is 3.37. The highest BCUT2D eigenvalue weighted by Crippen LogP contribution is 2.38. The number of hydrogen-bond donors (Lipinski definition) is 1. The second kappa shape index (κ2) is 6.17. The molecular weight excluding hydrogens is 343 g/mol. The molecule has 2 fully saturated rings. The lowest BCUT2D eigenvalue weighted by Gasteiger charge is -2.18.